The molecule has 3 heteroatoms. The van der Waals surface area contributed by atoms with Crippen LogP contribution in [0, 0.1) is 21.3 Å². The molecule has 16 heavy (non-hydrogen) atoms. The number of aliphatic hydroxyl groups is 1. The first-order valence-corrected chi connectivity index (χ1v) is 6.37. The maximum absolute atomic E-state index is 10.3. The number of halogens is 1. The average Bonchev–Trinajstić information content (AvgIpc) is 3.02. The van der Waals surface area contributed by atoms with Gasteiger partial charge in [0.05, 0.1) is 0 Å². The maximum Gasteiger partial charge on any atom is 0.150 e. The summed E-state index contributed by atoms with van der Waals surface area (Å²) in [6, 6.07) is 5.62. The normalized spacial score (nSPS) is 18.4. The Balaban J connectivity index is 2.34. The van der Waals surface area contributed by atoms with E-state index in [0.717, 1.165) is 16.4 Å². The lowest BCUT2D eigenvalue weighted by Crippen LogP contribution is -2.20. The van der Waals surface area contributed by atoms with E-state index in [0.29, 0.717) is 17.2 Å². The van der Waals surface area contributed by atoms with Crippen LogP contribution < -0.4 is 5.73 Å². The molecule has 0 saturated heterocycles. The number of rotatable bonds is 1. The second kappa shape index (κ2) is 4.27. The Hall–Kier alpha value is -0.730. The number of hydrogen-bond acceptors (Lipinski definition) is 2. The van der Waals surface area contributed by atoms with E-state index >= 15 is 0 Å². The van der Waals surface area contributed by atoms with Crippen molar-refractivity contribution in [2.45, 2.75) is 25.4 Å². The number of anilines is 1. The van der Waals surface area contributed by atoms with Gasteiger partial charge in [-0.25, -0.2) is 0 Å². The molecule has 84 valence electrons. The zero-order chi connectivity index (χ0) is 11.8. The third-order valence-electron chi connectivity index (χ3n) is 2.64. The van der Waals surface area contributed by atoms with Crippen molar-refractivity contribution in [3.63, 3.8) is 0 Å². The van der Waals surface area contributed by atoms with E-state index in [9.17, 15) is 5.11 Å². The molecule has 3 N–H and O–H groups in total. The Kier molecular flexibility index (Phi) is 3.13. The van der Waals surface area contributed by atoms with Crippen molar-refractivity contribution in [1.82, 2.24) is 0 Å². The molecule has 0 bridgehead atoms. The highest BCUT2D eigenvalue weighted by Crippen LogP contribution is 2.30. The summed E-state index contributed by atoms with van der Waals surface area (Å²) >= 11 is 2.20. The van der Waals surface area contributed by atoms with Gasteiger partial charge in [0.2, 0.25) is 0 Å². The van der Waals surface area contributed by atoms with Crippen molar-refractivity contribution >= 4 is 28.3 Å². The molecule has 1 aromatic rings. The number of nitrogen functional groups attached to an aromatic ring is 1. The van der Waals surface area contributed by atoms with Gasteiger partial charge in [-0.1, -0.05) is 11.8 Å². The molecule has 1 saturated carbocycles. The minimum absolute atomic E-state index is 0.482. The summed E-state index contributed by atoms with van der Waals surface area (Å²) in [6.07, 6.45) is 2.32. The van der Waals surface area contributed by atoms with Crippen LogP contribution in [-0.4, -0.2) is 5.11 Å². The highest BCUT2D eigenvalue weighted by molar-refractivity contribution is 14.1. The lowest BCUT2D eigenvalue weighted by atomic mass is 9.95. The Labute approximate surface area is 109 Å². The van der Waals surface area contributed by atoms with Gasteiger partial charge in [0, 0.05) is 20.7 Å². The molecule has 0 aromatic heterocycles. The van der Waals surface area contributed by atoms with Crippen LogP contribution in [0.3, 0.4) is 0 Å². The second-order valence-electron chi connectivity index (χ2n) is 4.35. The van der Waals surface area contributed by atoms with Crippen LogP contribution >= 0.6 is 22.6 Å². The summed E-state index contributed by atoms with van der Waals surface area (Å²) in [5, 5.41) is 10.3. The van der Waals surface area contributed by atoms with Crippen LogP contribution in [0.1, 0.15) is 25.3 Å². The molecule has 1 aromatic carbocycles. The average molecular weight is 327 g/mol. The smallest absolute Gasteiger partial charge is 0.150 e. The minimum Gasteiger partial charge on any atom is -0.398 e. The van der Waals surface area contributed by atoms with E-state index in [-0.39, 0.29) is 0 Å². The topological polar surface area (TPSA) is 46.2 Å². The number of hydrogen-bond donors (Lipinski definition) is 2. The standard InChI is InChI=1S/C13H14INO/c1-13(16,7-6-9-2-3-9)11-8-10(14)4-5-12(11)15/h4-5,8-9,16H,2-3,15H2,1H3/t13-/m0/s1. The third kappa shape index (κ3) is 2.69. The van der Waals surface area contributed by atoms with Gasteiger partial charge >= 0.3 is 0 Å². The van der Waals surface area contributed by atoms with Crippen LogP contribution in [0.4, 0.5) is 5.69 Å². The highest BCUT2D eigenvalue weighted by Gasteiger charge is 2.25. The fourth-order valence-electron chi connectivity index (χ4n) is 1.49. The van der Waals surface area contributed by atoms with Crippen molar-refractivity contribution in [3.8, 4) is 11.8 Å². The largest absolute Gasteiger partial charge is 0.398 e. The maximum atomic E-state index is 10.3. The molecule has 1 atom stereocenters. The predicted octanol–water partition coefficient (Wildman–Crippen LogP) is 2.49. The van der Waals surface area contributed by atoms with Gasteiger partial charge in [-0.3, -0.25) is 0 Å². The van der Waals surface area contributed by atoms with Gasteiger partial charge in [0.25, 0.3) is 0 Å². The van der Waals surface area contributed by atoms with Crippen molar-refractivity contribution in [2.75, 3.05) is 5.73 Å². The number of benzene rings is 1. The molecule has 1 aliphatic carbocycles. The number of nitrogens with two attached hydrogens (primary N) is 1. The lowest BCUT2D eigenvalue weighted by molar-refractivity contribution is 0.123. The first kappa shape index (κ1) is 11.7. The van der Waals surface area contributed by atoms with Crippen molar-refractivity contribution in [2.24, 2.45) is 5.92 Å². The van der Waals surface area contributed by atoms with E-state index in [1.54, 1.807) is 6.92 Å². The first-order valence-electron chi connectivity index (χ1n) is 5.29. The summed E-state index contributed by atoms with van der Waals surface area (Å²) < 4.78 is 1.05. The van der Waals surface area contributed by atoms with Gasteiger partial charge in [0.1, 0.15) is 5.60 Å². The third-order valence-corrected chi connectivity index (χ3v) is 3.31. The summed E-state index contributed by atoms with van der Waals surface area (Å²) in [5.41, 5.74) is 6.02. The first-order chi connectivity index (χ1) is 7.49. The van der Waals surface area contributed by atoms with E-state index in [1.807, 2.05) is 18.2 Å². The van der Waals surface area contributed by atoms with E-state index in [2.05, 4.69) is 34.4 Å². The lowest BCUT2D eigenvalue weighted by Gasteiger charge is -2.19. The molecule has 0 aliphatic heterocycles. The van der Waals surface area contributed by atoms with Crippen LogP contribution in [0.25, 0.3) is 0 Å². The highest BCUT2D eigenvalue weighted by atomic mass is 127. The van der Waals surface area contributed by atoms with E-state index < -0.39 is 5.60 Å². The second-order valence-corrected chi connectivity index (χ2v) is 5.59. The summed E-state index contributed by atoms with van der Waals surface area (Å²) in [5.74, 6) is 6.49. The molecule has 1 aliphatic rings. The van der Waals surface area contributed by atoms with Crippen LogP contribution in [0.5, 0.6) is 0 Å². The monoisotopic (exact) mass is 327 g/mol. The molecular weight excluding hydrogens is 313 g/mol. The molecular formula is C13H14INO. The van der Waals surface area contributed by atoms with Crippen LogP contribution in [0.15, 0.2) is 18.2 Å². The van der Waals surface area contributed by atoms with Crippen molar-refractivity contribution < 1.29 is 5.11 Å². The van der Waals surface area contributed by atoms with Crippen molar-refractivity contribution in [1.29, 1.82) is 0 Å². The summed E-state index contributed by atoms with van der Waals surface area (Å²) in [4.78, 5) is 0. The Bertz CT molecular complexity index is 467. The predicted molar refractivity (Wildman–Crippen MR) is 73.6 cm³/mol. The summed E-state index contributed by atoms with van der Waals surface area (Å²) in [7, 11) is 0. The van der Waals surface area contributed by atoms with E-state index in [4.69, 9.17) is 5.73 Å². The Morgan fingerprint density at radius 3 is 2.81 bits per heavy atom. The van der Waals surface area contributed by atoms with Gasteiger partial charge < -0.3 is 10.8 Å². The molecule has 2 nitrogen and oxygen atoms in total. The fourth-order valence-corrected chi connectivity index (χ4v) is 1.98. The fraction of sp³-hybridized carbons (Fsp3) is 0.385. The molecule has 0 heterocycles. The van der Waals surface area contributed by atoms with Crippen LogP contribution in [0.2, 0.25) is 0 Å². The van der Waals surface area contributed by atoms with Gasteiger partial charge in [0.15, 0.2) is 0 Å². The van der Waals surface area contributed by atoms with Gasteiger partial charge in [-0.2, -0.15) is 0 Å². The van der Waals surface area contributed by atoms with Crippen LogP contribution in [-0.2, 0) is 5.60 Å². The zero-order valence-electron chi connectivity index (χ0n) is 9.13. The molecule has 1 fully saturated rings. The quantitative estimate of drug-likeness (QED) is 0.473. The molecule has 0 unspecified atom stereocenters. The molecule has 0 radical (unpaired) electrons. The Morgan fingerprint density at radius 2 is 2.19 bits per heavy atom. The summed E-state index contributed by atoms with van der Waals surface area (Å²) in [6.45, 7) is 1.70. The van der Waals surface area contributed by atoms with E-state index in [1.165, 1.54) is 0 Å². The molecule has 0 spiro atoms. The SMILES string of the molecule is C[C@](O)(C#CC1CC1)c1cc(I)ccc1N. The molecule has 2 rings (SSSR count). The molecule has 0 amide bonds. The van der Waals surface area contributed by atoms with Gasteiger partial charge in [-0.05, 0) is 60.6 Å². The minimum atomic E-state index is -1.14. The van der Waals surface area contributed by atoms with Crippen molar-refractivity contribution in [3.05, 3.63) is 27.3 Å². The Morgan fingerprint density at radius 1 is 1.50 bits per heavy atom. The zero-order valence-corrected chi connectivity index (χ0v) is 11.3. The van der Waals surface area contributed by atoms with Gasteiger partial charge in [-0.15, -0.1) is 0 Å².